The lowest BCUT2D eigenvalue weighted by Gasteiger charge is -2.21. The van der Waals surface area contributed by atoms with Crippen LogP contribution in [-0.4, -0.2) is 17.9 Å². The van der Waals surface area contributed by atoms with Gasteiger partial charge in [0.15, 0.2) is 0 Å². The number of benzene rings is 1. The summed E-state index contributed by atoms with van der Waals surface area (Å²) in [5, 5.41) is 15.7. The molecule has 0 saturated heterocycles. The Hall–Kier alpha value is -3.09. The van der Waals surface area contributed by atoms with Gasteiger partial charge in [0.05, 0.1) is 12.0 Å². The molecule has 3 aromatic rings. The Kier molecular flexibility index (Phi) is 6.32. The highest BCUT2D eigenvalue weighted by molar-refractivity contribution is 6.00. The molecule has 0 unspecified atom stereocenters. The van der Waals surface area contributed by atoms with E-state index < -0.39 is 23.5 Å². The molecule has 1 amide bonds. The van der Waals surface area contributed by atoms with Gasteiger partial charge in [0.1, 0.15) is 16.9 Å². The van der Waals surface area contributed by atoms with Gasteiger partial charge >= 0.3 is 5.63 Å². The average Bonchev–Trinajstić information content (AvgIpc) is 3.13. The van der Waals surface area contributed by atoms with E-state index in [1.54, 1.807) is 0 Å². The number of carboxylic acids is 1. The first-order valence-corrected chi connectivity index (χ1v) is 11.7. The Labute approximate surface area is 192 Å². The van der Waals surface area contributed by atoms with Crippen molar-refractivity contribution in [3.05, 3.63) is 44.5 Å². The van der Waals surface area contributed by atoms with E-state index in [1.165, 1.54) is 5.56 Å². The first-order valence-electron chi connectivity index (χ1n) is 11.7. The fraction of sp³-hybridized carbons (Fsp3) is 0.500. The zero-order valence-electron chi connectivity index (χ0n) is 19.6. The van der Waals surface area contributed by atoms with Gasteiger partial charge in [-0.05, 0) is 63.5 Å². The number of carboxylic acid groups (broad SMARTS) is 1. The number of aryl methyl sites for hydroxylation is 4. The van der Waals surface area contributed by atoms with E-state index in [9.17, 15) is 19.5 Å². The molecule has 176 valence electrons. The number of amides is 1. The Balaban J connectivity index is 1.64. The van der Waals surface area contributed by atoms with Crippen molar-refractivity contribution in [1.29, 1.82) is 0 Å². The van der Waals surface area contributed by atoms with Crippen molar-refractivity contribution in [2.75, 3.05) is 0 Å². The van der Waals surface area contributed by atoms with Crippen LogP contribution in [-0.2, 0) is 28.9 Å². The van der Waals surface area contributed by atoms with E-state index >= 15 is 0 Å². The standard InChI is InChI=1S/C26H31NO6/c1-13(2)11-20(25(29)30)27-22(28)10-9-16-14(3)18-12-19-17-7-5-6-8-21(17)32-24(19)15(4)23(18)33-26(16)31/h12-13,20H,5-11H2,1-4H3,(H,27,28)(H,29,30)/p-1/t20-/m0/s1. The third kappa shape index (κ3) is 4.41. The summed E-state index contributed by atoms with van der Waals surface area (Å²) in [5.74, 6) is -0.618. The number of carbonyl (C=O) groups is 2. The van der Waals surface area contributed by atoms with Crippen molar-refractivity contribution in [2.24, 2.45) is 5.92 Å². The SMILES string of the molecule is Cc1c(CCC(=O)N[C@@H](CC(C)C)C(=O)[O-])c(=O)oc2c(C)c3oc4c(c3cc12)CCCC4. The van der Waals surface area contributed by atoms with Crippen LogP contribution < -0.4 is 16.0 Å². The van der Waals surface area contributed by atoms with E-state index in [2.05, 4.69) is 5.32 Å². The molecule has 0 bridgehead atoms. The van der Waals surface area contributed by atoms with Gasteiger partial charge in [0.25, 0.3) is 0 Å². The Morgan fingerprint density at radius 3 is 2.45 bits per heavy atom. The molecule has 1 aliphatic rings. The second-order valence-corrected chi connectivity index (χ2v) is 9.53. The van der Waals surface area contributed by atoms with Gasteiger partial charge in [0.2, 0.25) is 5.91 Å². The van der Waals surface area contributed by atoms with E-state index in [4.69, 9.17) is 8.83 Å². The Bertz CT molecular complexity index is 1300. The number of fused-ring (bicyclic) bond motifs is 4. The minimum atomic E-state index is -1.30. The highest BCUT2D eigenvalue weighted by atomic mass is 16.4. The fourth-order valence-electron chi connectivity index (χ4n) is 4.90. The van der Waals surface area contributed by atoms with Crippen LogP contribution in [0.2, 0.25) is 0 Å². The molecule has 1 aliphatic carbocycles. The summed E-state index contributed by atoms with van der Waals surface area (Å²) in [6.07, 6.45) is 4.58. The molecule has 0 spiro atoms. The van der Waals surface area contributed by atoms with E-state index in [-0.39, 0.29) is 25.2 Å². The third-order valence-corrected chi connectivity index (χ3v) is 6.65. The van der Waals surface area contributed by atoms with Crippen molar-refractivity contribution in [3.63, 3.8) is 0 Å². The molecule has 2 aromatic heterocycles. The predicted molar refractivity (Wildman–Crippen MR) is 123 cm³/mol. The monoisotopic (exact) mass is 452 g/mol. The average molecular weight is 453 g/mol. The smallest absolute Gasteiger partial charge is 0.339 e. The Morgan fingerprint density at radius 2 is 1.76 bits per heavy atom. The van der Waals surface area contributed by atoms with Crippen LogP contribution in [0.5, 0.6) is 0 Å². The highest BCUT2D eigenvalue weighted by Gasteiger charge is 2.23. The number of hydrogen-bond donors (Lipinski definition) is 1. The van der Waals surface area contributed by atoms with Gasteiger partial charge in [-0.1, -0.05) is 13.8 Å². The summed E-state index contributed by atoms with van der Waals surface area (Å²) in [5.41, 5.74) is 4.08. The lowest BCUT2D eigenvalue weighted by atomic mass is 9.93. The maximum atomic E-state index is 12.8. The van der Waals surface area contributed by atoms with E-state index in [0.29, 0.717) is 11.1 Å². The molecule has 1 aromatic carbocycles. The minimum absolute atomic E-state index is 0.0126. The first kappa shape index (κ1) is 23.1. The van der Waals surface area contributed by atoms with Crippen molar-refractivity contribution in [3.8, 4) is 0 Å². The molecule has 1 N–H and O–H groups in total. The molecule has 0 aliphatic heterocycles. The zero-order chi connectivity index (χ0) is 23.9. The van der Waals surface area contributed by atoms with Crippen LogP contribution in [0.1, 0.15) is 67.5 Å². The van der Waals surface area contributed by atoms with Crippen LogP contribution in [0.4, 0.5) is 0 Å². The number of furan rings is 1. The summed E-state index contributed by atoms with van der Waals surface area (Å²) >= 11 is 0. The van der Waals surface area contributed by atoms with Crippen molar-refractivity contribution >= 4 is 33.8 Å². The van der Waals surface area contributed by atoms with Gasteiger partial charge in [-0.2, -0.15) is 0 Å². The molecule has 7 heteroatoms. The summed E-state index contributed by atoms with van der Waals surface area (Å²) in [6, 6.07) is 0.997. The second kappa shape index (κ2) is 9.04. The third-order valence-electron chi connectivity index (χ3n) is 6.65. The molecule has 7 nitrogen and oxygen atoms in total. The van der Waals surface area contributed by atoms with Crippen LogP contribution in [0.3, 0.4) is 0 Å². The number of aliphatic carboxylic acids is 1. The molecule has 0 radical (unpaired) electrons. The molecular weight excluding hydrogens is 422 g/mol. The van der Waals surface area contributed by atoms with Crippen molar-refractivity contribution in [2.45, 2.75) is 78.7 Å². The second-order valence-electron chi connectivity index (χ2n) is 9.53. The summed E-state index contributed by atoms with van der Waals surface area (Å²) < 4.78 is 11.8. The quantitative estimate of drug-likeness (QED) is 0.551. The molecule has 33 heavy (non-hydrogen) atoms. The zero-order valence-corrected chi connectivity index (χ0v) is 19.6. The lowest BCUT2D eigenvalue weighted by molar-refractivity contribution is -0.308. The maximum Gasteiger partial charge on any atom is 0.339 e. The lowest BCUT2D eigenvalue weighted by Crippen LogP contribution is -2.48. The van der Waals surface area contributed by atoms with Gasteiger partial charge in [-0.25, -0.2) is 4.79 Å². The summed E-state index contributed by atoms with van der Waals surface area (Å²) in [4.78, 5) is 36.5. The van der Waals surface area contributed by atoms with E-state index in [0.717, 1.165) is 58.9 Å². The van der Waals surface area contributed by atoms with Crippen LogP contribution in [0.15, 0.2) is 19.7 Å². The number of hydrogen-bond acceptors (Lipinski definition) is 6. The first-order chi connectivity index (χ1) is 15.7. The number of carbonyl (C=O) groups excluding carboxylic acids is 2. The van der Waals surface area contributed by atoms with Crippen LogP contribution in [0, 0.1) is 19.8 Å². The fourth-order valence-corrected chi connectivity index (χ4v) is 4.90. The predicted octanol–water partition coefficient (Wildman–Crippen LogP) is 3.25. The highest BCUT2D eigenvalue weighted by Crippen LogP contribution is 2.37. The molecule has 0 saturated carbocycles. The molecule has 0 fully saturated rings. The molecule has 2 heterocycles. The van der Waals surface area contributed by atoms with Crippen LogP contribution in [0.25, 0.3) is 21.9 Å². The Morgan fingerprint density at radius 1 is 1.06 bits per heavy atom. The maximum absolute atomic E-state index is 12.8. The van der Waals surface area contributed by atoms with Crippen LogP contribution >= 0.6 is 0 Å². The normalized spacial score (nSPS) is 14.6. The van der Waals surface area contributed by atoms with Crippen molar-refractivity contribution < 1.29 is 23.5 Å². The summed E-state index contributed by atoms with van der Waals surface area (Å²) in [6.45, 7) is 7.53. The van der Waals surface area contributed by atoms with Gasteiger partial charge in [-0.3, -0.25) is 4.79 Å². The topological polar surface area (TPSA) is 113 Å². The van der Waals surface area contributed by atoms with Gasteiger partial charge in [-0.15, -0.1) is 0 Å². The number of nitrogens with one attached hydrogen (secondary N) is 1. The van der Waals surface area contributed by atoms with Gasteiger partial charge < -0.3 is 24.1 Å². The molecule has 4 rings (SSSR count). The summed E-state index contributed by atoms with van der Waals surface area (Å²) in [7, 11) is 0. The van der Waals surface area contributed by atoms with Crippen molar-refractivity contribution in [1.82, 2.24) is 5.32 Å². The van der Waals surface area contributed by atoms with E-state index in [1.807, 2.05) is 33.8 Å². The molecule has 1 atom stereocenters. The minimum Gasteiger partial charge on any atom is -0.548 e. The number of rotatable bonds is 7. The molecular formula is C26H30NO6-. The van der Waals surface area contributed by atoms with Gasteiger partial charge in [0, 0.05) is 40.3 Å². The largest absolute Gasteiger partial charge is 0.548 e.